The van der Waals surface area contributed by atoms with Crippen LogP contribution < -0.4 is 4.74 Å². The molecule has 204 valence electrons. The van der Waals surface area contributed by atoms with Gasteiger partial charge < -0.3 is 9.47 Å². The minimum absolute atomic E-state index is 0.0420. The molecule has 6 nitrogen and oxygen atoms in total. The third-order valence-electron chi connectivity index (χ3n) is 7.22. The van der Waals surface area contributed by atoms with E-state index in [1.54, 1.807) is 24.3 Å². The highest BCUT2D eigenvalue weighted by atomic mass is 32.3. The number of ether oxygens (including phenoxy) is 2. The van der Waals surface area contributed by atoms with Crippen LogP contribution in [0, 0.1) is 0 Å². The van der Waals surface area contributed by atoms with E-state index in [1.165, 1.54) is 11.8 Å². The first-order chi connectivity index (χ1) is 17.6. The molecule has 2 aromatic rings. The number of hydrogen-bond acceptors (Lipinski definition) is 7. The highest BCUT2D eigenvalue weighted by Gasteiger charge is 2.47. The van der Waals surface area contributed by atoms with Crippen molar-refractivity contribution in [2.45, 2.75) is 74.1 Å². The number of carbonyl (C=O) groups is 1. The summed E-state index contributed by atoms with van der Waals surface area (Å²) in [6.07, 6.45) is 6.85. The summed E-state index contributed by atoms with van der Waals surface area (Å²) in [4.78, 5) is 12.8. The van der Waals surface area contributed by atoms with Crippen LogP contribution in [0.2, 0.25) is 0 Å². The first kappa shape index (κ1) is 29.5. The molecule has 0 spiro atoms. The molecule has 1 aliphatic heterocycles. The average Bonchev–Trinajstić information content (AvgIpc) is 2.98. The summed E-state index contributed by atoms with van der Waals surface area (Å²) in [5.41, 5.74) is 1.47. The lowest BCUT2D eigenvalue weighted by Gasteiger charge is -2.50. The van der Waals surface area contributed by atoms with E-state index in [1.807, 2.05) is 30.5 Å². The number of unbranched alkanes of at least 4 members (excludes halogenated alkanes) is 1. The van der Waals surface area contributed by atoms with Gasteiger partial charge in [0, 0.05) is 24.6 Å². The Morgan fingerprint density at radius 2 is 1.95 bits per heavy atom. The van der Waals surface area contributed by atoms with Crippen LogP contribution in [0.15, 0.2) is 64.3 Å². The van der Waals surface area contributed by atoms with Crippen molar-refractivity contribution in [2.75, 3.05) is 19.9 Å². The Morgan fingerprint density at radius 3 is 2.54 bits per heavy atom. The minimum Gasteiger partial charge on any atom is -0.461 e. The van der Waals surface area contributed by atoms with Gasteiger partial charge in [-0.15, -0.1) is 22.5 Å². The number of hydrogen-bond donors (Lipinski definition) is 2. The fourth-order valence-corrected chi connectivity index (χ4v) is 7.48. The van der Waals surface area contributed by atoms with Crippen LogP contribution in [0.1, 0.15) is 69.9 Å². The summed E-state index contributed by atoms with van der Waals surface area (Å²) in [5.74, 6) is -2.13. The van der Waals surface area contributed by atoms with Crippen LogP contribution in [0.25, 0.3) is 0 Å². The fraction of sp³-hybridized carbons (Fsp3) is 0.464. The van der Waals surface area contributed by atoms with Gasteiger partial charge >= 0.3 is 5.97 Å². The number of nitrogens with zero attached hydrogens (tertiary/aromatic N) is 1. The van der Waals surface area contributed by atoms with Gasteiger partial charge in [-0.2, -0.15) is 8.70 Å². The van der Waals surface area contributed by atoms with Crippen molar-refractivity contribution in [2.24, 2.45) is 0 Å². The Kier molecular flexibility index (Phi) is 10.1. The monoisotopic (exact) mass is 551 g/mol. The van der Waals surface area contributed by atoms with Gasteiger partial charge in [0.15, 0.2) is 0 Å². The first-order valence-electron chi connectivity index (χ1n) is 12.6. The normalized spacial score (nSPS) is 22.6. The van der Waals surface area contributed by atoms with Gasteiger partial charge in [-0.3, -0.25) is 9.11 Å². The summed E-state index contributed by atoms with van der Waals surface area (Å²) in [6.45, 7) is 5.87. The Morgan fingerprint density at radius 1 is 1.24 bits per heavy atom. The standard InChI is InChI=1S/C28H38FNO5S2/c1-6-9-15-28(7-2)18-22(20-13-11-10-12-14-20)21-16-25(36-5)24(17-26(21)37(32,33)30(28)4)35-19-23(29)27(31)34-8-3/h10-14,16-17,19,22,32-33H,6-9,15,18H2,1-5H3/b23-19-. The summed E-state index contributed by atoms with van der Waals surface area (Å²) in [7, 11) is -1.63. The lowest BCUT2D eigenvalue weighted by atomic mass is 9.76. The lowest BCUT2D eigenvalue weighted by molar-refractivity contribution is -0.140. The Bertz CT molecular complexity index is 1110. The number of carbonyl (C=O) groups excluding carboxylic acids is 1. The molecule has 37 heavy (non-hydrogen) atoms. The molecule has 1 aliphatic rings. The average molecular weight is 552 g/mol. The number of thioether (sulfide) groups is 1. The van der Waals surface area contributed by atoms with E-state index in [9.17, 15) is 18.3 Å². The van der Waals surface area contributed by atoms with Gasteiger partial charge in [0.2, 0.25) is 5.83 Å². The summed E-state index contributed by atoms with van der Waals surface area (Å²) < 4.78 is 49.8. The van der Waals surface area contributed by atoms with E-state index in [0.717, 1.165) is 43.2 Å². The van der Waals surface area contributed by atoms with Crippen molar-refractivity contribution < 1.29 is 27.8 Å². The largest absolute Gasteiger partial charge is 0.461 e. The van der Waals surface area contributed by atoms with Gasteiger partial charge in [-0.1, -0.05) is 57.0 Å². The molecule has 0 radical (unpaired) electrons. The predicted molar refractivity (Wildman–Crippen MR) is 149 cm³/mol. The van der Waals surface area contributed by atoms with Crippen LogP contribution >= 0.6 is 22.5 Å². The van der Waals surface area contributed by atoms with Crippen molar-refractivity contribution in [1.29, 1.82) is 0 Å². The molecule has 3 rings (SSSR count). The molecule has 2 atom stereocenters. The Hall–Kier alpha value is -2.04. The van der Waals surface area contributed by atoms with Crippen LogP contribution in [-0.2, 0) is 9.53 Å². The van der Waals surface area contributed by atoms with E-state index in [2.05, 4.69) is 30.7 Å². The quantitative estimate of drug-likeness (QED) is 0.134. The Labute approximate surface area is 225 Å². The van der Waals surface area contributed by atoms with Gasteiger partial charge in [0.1, 0.15) is 12.0 Å². The second-order valence-electron chi connectivity index (χ2n) is 9.21. The van der Waals surface area contributed by atoms with Gasteiger partial charge in [-0.05, 0) is 49.6 Å². The molecule has 0 amide bonds. The summed E-state index contributed by atoms with van der Waals surface area (Å²) >= 11 is 1.40. The maximum Gasteiger partial charge on any atom is 0.370 e. The van der Waals surface area contributed by atoms with Crippen LogP contribution in [0.5, 0.6) is 5.75 Å². The van der Waals surface area contributed by atoms with E-state index in [0.29, 0.717) is 16.1 Å². The van der Waals surface area contributed by atoms with Crippen LogP contribution in [-0.4, -0.2) is 44.8 Å². The molecule has 0 saturated heterocycles. The molecule has 2 N–H and O–H groups in total. The third kappa shape index (κ3) is 6.17. The number of esters is 1. The molecule has 2 aromatic carbocycles. The van der Waals surface area contributed by atoms with Gasteiger partial charge in [0.05, 0.1) is 16.4 Å². The number of fused-ring (bicyclic) bond motifs is 1. The molecule has 2 unspecified atom stereocenters. The zero-order valence-corrected chi connectivity index (χ0v) is 23.8. The van der Waals surface area contributed by atoms with Crippen LogP contribution in [0.4, 0.5) is 4.39 Å². The number of benzene rings is 2. The first-order valence-corrected chi connectivity index (χ1v) is 15.4. The third-order valence-corrected chi connectivity index (χ3v) is 10.1. The van der Waals surface area contributed by atoms with Crippen molar-refractivity contribution >= 4 is 28.5 Å². The maximum absolute atomic E-state index is 14.2. The SMILES string of the molecule is CCCCC1(CC)CC(c2ccccc2)c2cc(SC)c(O/C=C(\F)C(=O)OCC)cc2S(O)(O)N1C. The van der Waals surface area contributed by atoms with Crippen LogP contribution in [0.3, 0.4) is 0 Å². The predicted octanol–water partition coefficient (Wildman–Crippen LogP) is 7.99. The second kappa shape index (κ2) is 12.7. The lowest BCUT2D eigenvalue weighted by Crippen LogP contribution is -2.46. The number of halogens is 1. The van der Waals surface area contributed by atoms with Crippen molar-refractivity contribution in [1.82, 2.24) is 4.31 Å². The molecule has 0 saturated carbocycles. The molecule has 0 fully saturated rings. The van der Waals surface area contributed by atoms with Gasteiger partial charge in [-0.25, -0.2) is 4.79 Å². The zero-order chi connectivity index (χ0) is 27.2. The molecule has 9 heteroatoms. The number of rotatable bonds is 10. The highest BCUT2D eigenvalue weighted by Crippen LogP contribution is 2.63. The second-order valence-corrected chi connectivity index (χ2v) is 12.1. The highest BCUT2D eigenvalue weighted by molar-refractivity contribution is 8.22. The van der Waals surface area contributed by atoms with E-state index in [-0.39, 0.29) is 18.3 Å². The summed E-state index contributed by atoms with van der Waals surface area (Å²) in [6, 6.07) is 13.6. The maximum atomic E-state index is 14.2. The van der Waals surface area contributed by atoms with Gasteiger partial charge in [0.25, 0.3) is 0 Å². The molecular weight excluding hydrogens is 513 g/mol. The Balaban J connectivity index is 2.21. The van der Waals surface area contributed by atoms with E-state index in [4.69, 9.17) is 4.74 Å². The van der Waals surface area contributed by atoms with Crippen molar-refractivity contribution in [3.63, 3.8) is 0 Å². The molecular formula is C28H38FNO5S2. The minimum atomic E-state index is -3.42. The van der Waals surface area contributed by atoms with Crippen molar-refractivity contribution in [3.05, 3.63) is 65.7 Å². The fourth-order valence-electron chi connectivity index (χ4n) is 5.01. The molecule has 0 aromatic heterocycles. The smallest absolute Gasteiger partial charge is 0.370 e. The molecule has 1 heterocycles. The zero-order valence-electron chi connectivity index (χ0n) is 22.2. The van der Waals surface area contributed by atoms with Crippen molar-refractivity contribution in [3.8, 4) is 5.75 Å². The summed E-state index contributed by atoms with van der Waals surface area (Å²) in [5, 5.41) is 0. The topological polar surface area (TPSA) is 79.2 Å². The van der Waals surface area contributed by atoms with E-state index < -0.39 is 28.1 Å². The van der Waals surface area contributed by atoms with E-state index >= 15 is 0 Å². The molecule has 0 bridgehead atoms. The molecule has 0 aliphatic carbocycles.